The fraction of sp³-hybridized carbons (Fsp3) is 0.474. The lowest BCUT2D eigenvalue weighted by Crippen LogP contribution is -2.30. The maximum atomic E-state index is 12.6. The zero-order chi connectivity index (χ0) is 17.6. The van der Waals surface area contributed by atoms with Crippen molar-refractivity contribution in [2.45, 2.75) is 31.8 Å². The number of anilines is 1. The molecule has 2 N–H and O–H groups in total. The summed E-state index contributed by atoms with van der Waals surface area (Å²) in [6.07, 6.45) is 7.48. The molecule has 0 radical (unpaired) electrons. The van der Waals surface area contributed by atoms with Crippen LogP contribution < -0.4 is 10.6 Å². The molecule has 6 heteroatoms. The molecular weight excluding hydrogens is 314 g/mol. The van der Waals surface area contributed by atoms with E-state index in [0.29, 0.717) is 0 Å². The average molecular weight is 341 g/mol. The lowest BCUT2D eigenvalue weighted by Gasteiger charge is -2.26. The van der Waals surface area contributed by atoms with Gasteiger partial charge in [0, 0.05) is 31.0 Å². The molecule has 0 saturated carbocycles. The molecule has 1 aliphatic heterocycles. The highest BCUT2D eigenvalue weighted by Gasteiger charge is 2.20. The van der Waals surface area contributed by atoms with Crippen LogP contribution in [0.5, 0.6) is 0 Å². The largest absolute Gasteiger partial charge is 0.324 e. The molecule has 1 atom stereocenters. The van der Waals surface area contributed by atoms with Crippen molar-refractivity contribution in [1.82, 2.24) is 20.0 Å². The van der Waals surface area contributed by atoms with Gasteiger partial charge in [0.1, 0.15) is 6.04 Å². The quantitative estimate of drug-likeness (QED) is 0.846. The first-order chi connectivity index (χ1) is 12.2. The van der Waals surface area contributed by atoms with Gasteiger partial charge in [0.15, 0.2) is 0 Å². The minimum absolute atomic E-state index is 0.0781. The van der Waals surface area contributed by atoms with Crippen molar-refractivity contribution in [3.63, 3.8) is 0 Å². The Labute approximate surface area is 149 Å². The van der Waals surface area contributed by atoms with Gasteiger partial charge < -0.3 is 10.6 Å². The first-order valence-corrected chi connectivity index (χ1v) is 8.93. The molecule has 1 saturated heterocycles. The van der Waals surface area contributed by atoms with Crippen LogP contribution in [-0.2, 0) is 18.4 Å². The number of piperidine rings is 1. The zero-order valence-electron chi connectivity index (χ0n) is 15.0. The van der Waals surface area contributed by atoms with Crippen LogP contribution in [0.25, 0.3) is 0 Å². The predicted molar refractivity (Wildman–Crippen MR) is 99.2 cm³/mol. The maximum absolute atomic E-state index is 12.6. The topological polar surface area (TPSA) is 62.2 Å². The van der Waals surface area contributed by atoms with Gasteiger partial charge in [-0.25, -0.2) is 0 Å². The van der Waals surface area contributed by atoms with Gasteiger partial charge in [0.2, 0.25) is 5.91 Å². The minimum Gasteiger partial charge on any atom is -0.324 e. The molecule has 3 rings (SSSR count). The van der Waals surface area contributed by atoms with E-state index in [0.717, 1.165) is 17.8 Å². The normalized spacial score (nSPS) is 16.6. The van der Waals surface area contributed by atoms with Crippen molar-refractivity contribution in [3.05, 3.63) is 47.8 Å². The van der Waals surface area contributed by atoms with Crippen molar-refractivity contribution >= 4 is 11.6 Å². The third-order valence-electron chi connectivity index (χ3n) is 4.66. The summed E-state index contributed by atoms with van der Waals surface area (Å²) in [6, 6.07) is 7.73. The van der Waals surface area contributed by atoms with Crippen molar-refractivity contribution in [2.75, 3.05) is 25.5 Å². The Morgan fingerprint density at radius 3 is 2.76 bits per heavy atom. The molecule has 134 valence electrons. The van der Waals surface area contributed by atoms with Crippen molar-refractivity contribution in [2.24, 2.45) is 7.05 Å². The van der Waals surface area contributed by atoms with E-state index in [9.17, 15) is 4.79 Å². The van der Waals surface area contributed by atoms with Gasteiger partial charge in [-0.05, 0) is 50.7 Å². The van der Waals surface area contributed by atoms with E-state index in [1.807, 2.05) is 25.4 Å². The molecule has 2 heterocycles. The van der Waals surface area contributed by atoms with Crippen molar-refractivity contribution in [1.29, 1.82) is 0 Å². The van der Waals surface area contributed by atoms with Crippen LogP contribution in [0.1, 0.15) is 36.4 Å². The number of amides is 1. The summed E-state index contributed by atoms with van der Waals surface area (Å²) in [5, 5.41) is 10.2. The van der Waals surface area contributed by atoms with E-state index in [1.54, 1.807) is 17.9 Å². The van der Waals surface area contributed by atoms with E-state index in [1.165, 1.54) is 37.9 Å². The van der Waals surface area contributed by atoms with E-state index in [2.05, 4.69) is 32.8 Å². The van der Waals surface area contributed by atoms with Gasteiger partial charge in [0.05, 0.1) is 6.20 Å². The highest BCUT2D eigenvalue weighted by molar-refractivity contribution is 5.95. The van der Waals surface area contributed by atoms with Crippen LogP contribution in [0.4, 0.5) is 5.69 Å². The summed E-state index contributed by atoms with van der Waals surface area (Å²) in [7, 11) is 3.63. The number of benzene rings is 1. The van der Waals surface area contributed by atoms with Gasteiger partial charge in [-0.2, -0.15) is 5.10 Å². The van der Waals surface area contributed by atoms with E-state index < -0.39 is 6.04 Å². The minimum atomic E-state index is -0.417. The molecule has 25 heavy (non-hydrogen) atoms. The van der Waals surface area contributed by atoms with Gasteiger partial charge in [-0.15, -0.1) is 0 Å². The zero-order valence-corrected chi connectivity index (χ0v) is 15.0. The third kappa shape index (κ3) is 4.67. The number of hydrogen-bond acceptors (Lipinski definition) is 4. The Morgan fingerprint density at radius 2 is 2.08 bits per heavy atom. The summed E-state index contributed by atoms with van der Waals surface area (Å²) < 4.78 is 1.70. The number of nitrogens with zero attached hydrogens (tertiary/aromatic N) is 3. The highest BCUT2D eigenvalue weighted by Crippen LogP contribution is 2.18. The number of carbonyl (C=O) groups excluding carboxylic acids is 1. The fourth-order valence-electron chi connectivity index (χ4n) is 3.38. The smallest absolute Gasteiger partial charge is 0.246 e. The lowest BCUT2D eigenvalue weighted by atomic mass is 10.1. The Kier molecular flexibility index (Phi) is 5.83. The monoisotopic (exact) mass is 341 g/mol. The molecule has 6 nitrogen and oxygen atoms in total. The lowest BCUT2D eigenvalue weighted by molar-refractivity contribution is -0.118. The van der Waals surface area contributed by atoms with Gasteiger partial charge >= 0.3 is 0 Å². The Balaban J connectivity index is 1.65. The second kappa shape index (κ2) is 8.27. The number of likely N-dealkylation sites (tertiary alicyclic amines) is 1. The number of aromatic nitrogens is 2. The molecular formula is C19H27N5O. The van der Waals surface area contributed by atoms with Gasteiger partial charge in [-0.1, -0.05) is 18.6 Å². The van der Waals surface area contributed by atoms with Gasteiger partial charge in [-0.3, -0.25) is 14.4 Å². The summed E-state index contributed by atoms with van der Waals surface area (Å²) in [4.78, 5) is 15.1. The van der Waals surface area contributed by atoms with E-state index in [-0.39, 0.29) is 5.91 Å². The fourth-order valence-corrected chi connectivity index (χ4v) is 3.38. The average Bonchev–Trinajstić information content (AvgIpc) is 3.03. The van der Waals surface area contributed by atoms with Crippen LogP contribution in [0.15, 0.2) is 36.7 Å². The number of likely N-dealkylation sites (N-methyl/N-ethyl adjacent to an activating group) is 1. The second-order valence-electron chi connectivity index (χ2n) is 6.70. The Morgan fingerprint density at radius 1 is 1.28 bits per heavy atom. The third-order valence-corrected chi connectivity index (χ3v) is 4.66. The van der Waals surface area contributed by atoms with E-state index in [4.69, 9.17) is 0 Å². The van der Waals surface area contributed by atoms with Crippen molar-refractivity contribution in [3.8, 4) is 0 Å². The predicted octanol–water partition coefficient (Wildman–Crippen LogP) is 2.31. The molecule has 1 amide bonds. The summed E-state index contributed by atoms with van der Waals surface area (Å²) in [5.41, 5.74) is 2.93. The Bertz CT molecular complexity index is 705. The van der Waals surface area contributed by atoms with Crippen LogP contribution in [0, 0.1) is 0 Å². The molecule has 1 aromatic heterocycles. The summed E-state index contributed by atoms with van der Waals surface area (Å²) in [5.74, 6) is -0.0781. The molecule has 0 aliphatic carbocycles. The number of hydrogen-bond donors (Lipinski definition) is 2. The van der Waals surface area contributed by atoms with Crippen LogP contribution >= 0.6 is 0 Å². The summed E-state index contributed by atoms with van der Waals surface area (Å²) in [6.45, 7) is 3.28. The van der Waals surface area contributed by atoms with Gasteiger partial charge in [0.25, 0.3) is 0 Å². The van der Waals surface area contributed by atoms with Crippen LogP contribution in [0.3, 0.4) is 0 Å². The van der Waals surface area contributed by atoms with E-state index >= 15 is 0 Å². The maximum Gasteiger partial charge on any atom is 0.246 e. The molecule has 1 fully saturated rings. The number of rotatable bonds is 6. The summed E-state index contributed by atoms with van der Waals surface area (Å²) >= 11 is 0. The first kappa shape index (κ1) is 17.6. The molecule has 2 aromatic rings. The molecule has 1 aliphatic rings. The van der Waals surface area contributed by atoms with Crippen LogP contribution in [-0.4, -0.2) is 40.7 Å². The number of aryl methyl sites for hydroxylation is 1. The molecule has 1 unspecified atom stereocenters. The van der Waals surface area contributed by atoms with Crippen LogP contribution in [0.2, 0.25) is 0 Å². The molecule has 1 aromatic carbocycles. The number of nitrogens with one attached hydrogen (secondary N) is 2. The first-order valence-electron chi connectivity index (χ1n) is 8.93. The number of carbonyl (C=O) groups is 1. The Hall–Kier alpha value is -2.18. The molecule has 0 spiro atoms. The molecule has 0 bridgehead atoms. The highest BCUT2D eigenvalue weighted by atomic mass is 16.2. The second-order valence-corrected chi connectivity index (χ2v) is 6.70. The standard InChI is InChI=1S/C19H27N5O/c1-20-18(16-12-21-23(2)14-16)19(25)22-17-8-6-7-15(11-17)13-24-9-4-3-5-10-24/h6-8,11-12,14,18,20H,3-5,9-10,13H2,1-2H3,(H,22,25). The SMILES string of the molecule is CNC(C(=O)Nc1cccc(CN2CCCCC2)c1)c1cnn(C)c1. The van der Waals surface area contributed by atoms with Crippen molar-refractivity contribution < 1.29 is 4.79 Å².